The van der Waals surface area contributed by atoms with Gasteiger partial charge in [-0.1, -0.05) is 11.2 Å². The van der Waals surface area contributed by atoms with Crippen molar-refractivity contribution < 1.29 is 19.1 Å². The Kier molecular flexibility index (Phi) is 6.99. The van der Waals surface area contributed by atoms with E-state index >= 15 is 0 Å². The number of aliphatic hydroxyl groups is 1. The summed E-state index contributed by atoms with van der Waals surface area (Å²) in [5.74, 6) is 3.11. The maximum Gasteiger partial charge on any atom is 0.247 e. The van der Waals surface area contributed by atoms with Crippen molar-refractivity contribution in [3.05, 3.63) is 53.9 Å². The van der Waals surface area contributed by atoms with Crippen LogP contribution in [0.5, 0.6) is 11.5 Å². The second-order valence-corrected chi connectivity index (χ2v) is 8.26. The number of guanidine groups is 1. The first-order valence-corrected chi connectivity index (χ1v) is 11.9. The number of aliphatic hydroxyl groups excluding tert-OH is 1. The van der Waals surface area contributed by atoms with Gasteiger partial charge in [0.15, 0.2) is 11.5 Å². The minimum absolute atomic E-state index is 0.376. The highest BCUT2D eigenvalue weighted by Gasteiger charge is 2.33. The molecular formula is C25H28N8O4. The van der Waals surface area contributed by atoms with Crippen LogP contribution in [0.4, 0.5) is 5.69 Å². The first kappa shape index (κ1) is 24.3. The molecule has 1 aromatic heterocycles. The number of ether oxygens (including phenoxy) is 2. The van der Waals surface area contributed by atoms with E-state index in [1.807, 2.05) is 49.4 Å². The monoisotopic (exact) mass is 504 g/mol. The Balaban J connectivity index is 1.46. The van der Waals surface area contributed by atoms with Gasteiger partial charge in [-0.15, -0.1) is 0 Å². The van der Waals surface area contributed by atoms with Gasteiger partial charge in [0.1, 0.15) is 11.9 Å². The zero-order chi connectivity index (χ0) is 25.8. The summed E-state index contributed by atoms with van der Waals surface area (Å²) >= 11 is 0. The average Bonchev–Trinajstić information content (AvgIpc) is 3.53. The van der Waals surface area contributed by atoms with E-state index in [2.05, 4.69) is 35.9 Å². The summed E-state index contributed by atoms with van der Waals surface area (Å²) < 4.78 is 16.3. The molecule has 2 unspecified atom stereocenters. The fourth-order valence-corrected chi connectivity index (χ4v) is 3.98. The molecule has 0 radical (unpaired) electrons. The summed E-state index contributed by atoms with van der Waals surface area (Å²) in [5, 5.41) is 19.6. The van der Waals surface area contributed by atoms with Crippen LogP contribution in [-0.4, -0.2) is 64.9 Å². The summed E-state index contributed by atoms with van der Waals surface area (Å²) in [5.41, 5.74) is 5.66. The van der Waals surface area contributed by atoms with Gasteiger partial charge in [0.05, 0.1) is 13.7 Å². The molecular weight excluding hydrogens is 476 g/mol. The summed E-state index contributed by atoms with van der Waals surface area (Å²) in [6.07, 6.45) is 1.35. The molecule has 2 aromatic carbocycles. The Bertz CT molecular complexity index is 1330. The SMILES string of the molecule is CCOc1cc(C(Nc2ccc(-c3noc(C)n3)cc2)C2=NC(O)N(C3=NCCC=N3)N2)ccc1OC. The number of benzene rings is 2. The summed E-state index contributed by atoms with van der Waals surface area (Å²) in [7, 11) is 1.60. The van der Waals surface area contributed by atoms with Crippen LogP contribution in [0.15, 0.2) is 62.0 Å². The Morgan fingerprint density at radius 3 is 2.73 bits per heavy atom. The zero-order valence-electron chi connectivity index (χ0n) is 20.8. The topological polar surface area (TPSA) is 142 Å². The minimum Gasteiger partial charge on any atom is -0.493 e. The number of hydrogen-bond donors (Lipinski definition) is 3. The first-order valence-electron chi connectivity index (χ1n) is 11.9. The lowest BCUT2D eigenvalue weighted by Gasteiger charge is -2.25. The molecule has 2 aliphatic heterocycles. The number of anilines is 1. The van der Waals surface area contributed by atoms with Gasteiger partial charge in [-0.25, -0.2) is 20.0 Å². The molecule has 0 amide bonds. The fraction of sp³-hybridized carbons (Fsp3) is 0.320. The maximum atomic E-state index is 10.7. The molecule has 3 heterocycles. The van der Waals surface area contributed by atoms with Crippen molar-refractivity contribution in [2.75, 3.05) is 25.6 Å². The van der Waals surface area contributed by atoms with E-state index < -0.39 is 12.4 Å². The molecule has 12 nitrogen and oxygen atoms in total. The Hall–Kier alpha value is -4.45. The summed E-state index contributed by atoms with van der Waals surface area (Å²) in [6, 6.07) is 12.8. The van der Waals surface area contributed by atoms with Crippen LogP contribution in [0.3, 0.4) is 0 Å². The van der Waals surface area contributed by atoms with Crippen LogP contribution in [-0.2, 0) is 0 Å². The number of rotatable bonds is 8. The molecule has 0 bridgehead atoms. The first-order chi connectivity index (χ1) is 18.1. The highest BCUT2D eigenvalue weighted by molar-refractivity contribution is 5.97. The Morgan fingerprint density at radius 2 is 2.05 bits per heavy atom. The van der Waals surface area contributed by atoms with Gasteiger partial charge in [-0.2, -0.15) is 4.98 Å². The van der Waals surface area contributed by atoms with Gasteiger partial charge in [0.25, 0.3) is 0 Å². The predicted molar refractivity (Wildman–Crippen MR) is 139 cm³/mol. The van der Waals surface area contributed by atoms with Gasteiger partial charge < -0.3 is 24.4 Å². The van der Waals surface area contributed by atoms with Crippen molar-refractivity contribution in [3.8, 4) is 22.9 Å². The number of amidine groups is 1. The zero-order valence-corrected chi connectivity index (χ0v) is 20.8. The lowest BCUT2D eigenvalue weighted by Crippen LogP contribution is -2.47. The Labute approximate surface area is 213 Å². The van der Waals surface area contributed by atoms with Gasteiger partial charge >= 0.3 is 0 Å². The molecule has 37 heavy (non-hydrogen) atoms. The number of aryl methyl sites for hydroxylation is 1. The van der Waals surface area contributed by atoms with E-state index in [1.54, 1.807) is 20.2 Å². The third kappa shape index (κ3) is 5.23. The molecule has 5 rings (SSSR count). The summed E-state index contributed by atoms with van der Waals surface area (Å²) in [4.78, 5) is 17.4. The van der Waals surface area contributed by atoms with Crippen LogP contribution < -0.4 is 20.2 Å². The van der Waals surface area contributed by atoms with E-state index in [9.17, 15) is 5.11 Å². The average molecular weight is 505 g/mol. The van der Waals surface area contributed by atoms with Gasteiger partial charge in [-0.05, 0) is 48.9 Å². The lowest BCUT2D eigenvalue weighted by molar-refractivity contribution is 0.0606. The molecule has 0 aliphatic carbocycles. The third-order valence-corrected chi connectivity index (χ3v) is 5.73. The van der Waals surface area contributed by atoms with Crippen molar-refractivity contribution in [2.45, 2.75) is 32.7 Å². The van der Waals surface area contributed by atoms with E-state index in [0.29, 0.717) is 48.2 Å². The van der Waals surface area contributed by atoms with Crippen LogP contribution in [0, 0.1) is 6.92 Å². The molecule has 2 aliphatic rings. The maximum absolute atomic E-state index is 10.7. The molecule has 12 heteroatoms. The molecule has 3 N–H and O–H groups in total. The predicted octanol–water partition coefficient (Wildman–Crippen LogP) is 2.93. The van der Waals surface area contributed by atoms with Crippen LogP contribution in [0.2, 0.25) is 0 Å². The number of aromatic nitrogens is 2. The van der Waals surface area contributed by atoms with E-state index in [4.69, 9.17) is 14.0 Å². The van der Waals surface area contributed by atoms with E-state index in [-0.39, 0.29) is 0 Å². The third-order valence-electron chi connectivity index (χ3n) is 5.73. The van der Waals surface area contributed by atoms with Crippen LogP contribution in [0.25, 0.3) is 11.4 Å². The smallest absolute Gasteiger partial charge is 0.247 e. The van der Waals surface area contributed by atoms with Gasteiger partial charge in [0.2, 0.25) is 24.0 Å². The molecule has 0 spiro atoms. The highest BCUT2D eigenvalue weighted by Crippen LogP contribution is 2.33. The summed E-state index contributed by atoms with van der Waals surface area (Å²) in [6.45, 7) is 4.75. The largest absolute Gasteiger partial charge is 0.493 e. The number of nitrogens with one attached hydrogen (secondary N) is 2. The van der Waals surface area contributed by atoms with Crippen LogP contribution in [0.1, 0.15) is 30.8 Å². The van der Waals surface area contributed by atoms with Crippen molar-refractivity contribution in [1.29, 1.82) is 0 Å². The quantitative estimate of drug-likeness (QED) is 0.422. The second kappa shape index (κ2) is 10.7. The van der Waals surface area contributed by atoms with Crippen LogP contribution >= 0.6 is 0 Å². The van der Waals surface area contributed by atoms with Crippen molar-refractivity contribution in [1.82, 2.24) is 20.6 Å². The van der Waals surface area contributed by atoms with Gasteiger partial charge in [-0.3, -0.25) is 5.43 Å². The molecule has 2 atom stereocenters. The van der Waals surface area contributed by atoms with Gasteiger partial charge in [0, 0.05) is 37.4 Å². The number of hydrazine groups is 1. The second-order valence-electron chi connectivity index (χ2n) is 8.26. The van der Waals surface area contributed by atoms with Crippen molar-refractivity contribution in [3.63, 3.8) is 0 Å². The van der Waals surface area contributed by atoms with E-state index in [0.717, 1.165) is 23.2 Å². The highest BCUT2D eigenvalue weighted by atomic mass is 16.5. The molecule has 3 aromatic rings. The number of nitrogens with zero attached hydrogens (tertiary/aromatic N) is 6. The lowest BCUT2D eigenvalue weighted by atomic mass is 10.0. The van der Waals surface area contributed by atoms with Crippen molar-refractivity contribution in [2.24, 2.45) is 15.0 Å². The Morgan fingerprint density at radius 1 is 1.22 bits per heavy atom. The normalized spacial score (nSPS) is 17.6. The number of hydrogen-bond acceptors (Lipinski definition) is 12. The molecule has 0 saturated carbocycles. The molecule has 0 fully saturated rings. The van der Waals surface area contributed by atoms with E-state index in [1.165, 1.54) is 5.01 Å². The number of methoxy groups -OCH3 is 1. The minimum atomic E-state index is -1.18. The van der Waals surface area contributed by atoms with Crippen molar-refractivity contribution >= 4 is 23.7 Å². The standard InChI is InChI=1S/C25H28N8O4/c1-4-36-20-14-17(8-11-19(20)35-3)21(23-30-25(34)33(31-23)24-26-12-5-13-27-24)29-18-9-6-16(7-10-18)22-28-15(2)37-32-22/h6-12,14,21,25,29,34H,4-5,13H2,1-3H3,(H,30,31). The molecule has 0 saturated heterocycles. The number of aliphatic imine (C=N–C) groups is 3. The fourth-order valence-electron chi connectivity index (χ4n) is 3.98. The molecule has 192 valence electrons.